The van der Waals surface area contributed by atoms with E-state index in [0.29, 0.717) is 19.4 Å². The minimum atomic E-state index is -3.32. The smallest absolute Gasteiger partial charge is 0.326 e. The number of rotatable bonds is 5. The van der Waals surface area contributed by atoms with Gasteiger partial charge in [-0.2, -0.15) is 0 Å². The Bertz CT molecular complexity index is 524. The highest BCUT2D eigenvalue weighted by Crippen LogP contribution is 2.23. The average molecular weight is 334 g/mol. The fraction of sp³-hybridized carbons (Fsp3) is 0.857. The number of hydrogen-bond donors (Lipinski definition) is 2. The van der Waals surface area contributed by atoms with E-state index in [2.05, 4.69) is 5.32 Å². The minimum absolute atomic E-state index is 0.00107. The fourth-order valence-electron chi connectivity index (χ4n) is 2.50. The second-order valence-corrected chi connectivity index (χ2v) is 9.00. The van der Waals surface area contributed by atoms with Crippen molar-refractivity contribution in [3.63, 3.8) is 0 Å². The highest BCUT2D eigenvalue weighted by atomic mass is 32.2. The van der Waals surface area contributed by atoms with Gasteiger partial charge in [0.15, 0.2) is 0 Å². The third kappa shape index (κ3) is 4.67. The van der Waals surface area contributed by atoms with Crippen molar-refractivity contribution in [3.05, 3.63) is 0 Å². The summed E-state index contributed by atoms with van der Waals surface area (Å²) in [7, 11) is -3.32. The Labute approximate surface area is 132 Å². The van der Waals surface area contributed by atoms with Crippen LogP contribution in [0, 0.1) is 11.3 Å². The van der Waals surface area contributed by atoms with E-state index in [1.54, 1.807) is 27.7 Å². The van der Waals surface area contributed by atoms with Gasteiger partial charge >= 0.3 is 5.97 Å². The summed E-state index contributed by atoms with van der Waals surface area (Å²) >= 11 is 0. The zero-order chi connectivity index (χ0) is 17.1. The van der Waals surface area contributed by atoms with E-state index in [0.717, 1.165) is 0 Å². The number of piperidine rings is 1. The lowest BCUT2D eigenvalue weighted by Crippen LogP contribution is -2.53. The molecule has 0 radical (unpaired) electrons. The second kappa shape index (κ2) is 6.95. The minimum Gasteiger partial charge on any atom is -0.480 e. The van der Waals surface area contributed by atoms with Crippen LogP contribution in [-0.2, 0) is 19.6 Å². The van der Waals surface area contributed by atoms with E-state index < -0.39 is 39.3 Å². The van der Waals surface area contributed by atoms with Crippen LogP contribution < -0.4 is 5.32 Å². The largest absolute Gasteiger partial charge is 0.480 e. The van der Waals surface area contributed by atoms with Crippen molar-refractivity contribution in [1.29, 1.82) is 0 Å². The van der Waals surface area contributed by atoms with Gasteiger partial charge in [0.05, 0.1) is 11.7 Å². The van der Waals surface area contributed by atoms with Gasteiger partial charge < -0.3 is 10.4 Å². The molecule has 1 amide bonds. The maximum atomic E-state index is 12.3. The molecule has 22 heavy (non-hydrogen) atoms. The molecule has 0 aromatic heterocycles. The molecule has 0 saturated carbocycles. The van der Waals surface area contributed by atoms with Crippen molar-refractivity contribution in [2.24, 2.45) is 11.3 Å². The summed E-state index contributed by atoms with van der Waals surface area (Å²) in [5.41, 5.74) is -0.620. The van der Waals surface area contributed by atoms with E-state index >= 15 is 0 Å². The number of nitrogens with zero attached hydrogens (tertiary/aromatic N) is 1. The van der Waals surface area contributed by atoms with Crippen LogP contribution in [0.1, 0.15) is 40.5 Å². The molecule has 128 valence electrons. The summed E-state index contributed by atoms with van der Waals surface area (Å²) in [4.78, 5) is 23.6. The van der Waals surface area contributed by atoms with Crippen LogP contribution in [0.25, 0.3) is 0 Å². The van der Waals surface area contributed by atoms with E-state index in [1.165, 1.54) is 4.31 Å². The predicted molar refractivity (Wildman–Crippen MR) is 82.8 cm³/mol. The van der Waals surface area contributed by atoms with Gasteiger partial charge in [-0.3, -0.25) is 4.79 Å². The highest BCUT2D eigenvalue weighted by Gasteiger charge is 2.36. The summed E-state index contributed by atoms with van der Waals surface area (Å²) in [5, 5.41) is 11.8. The van der Waals surface area contributed by atoms with Crippen LogP contribution in [0.15, 0.2) is 0 Å². The molecule has 2 atom stereocenters. The third-order valence-electron chi connectivity index (χ3n) is 3.91. The van der Waals surface area contributed by atoms with Crippen LogP contribution in [0.4, 0.5) is 0 Å². The second-order valence-electron chi connectivity index (χ2n) is 6.74. The average Bonchev–Trinajstić information content (AvgIpc) is 2.43. The zero-order valence-corrected chi connectivity index (χ0v) is 14.4. The molecule has 1 fully saturated rings. The number of aliphatic carboxylic acids is 1. The zero-order valence-electron chi connectivity index (χ0n) is 13.6. The Balaban J connectivity index is 2.79. The molecule has 8 heteroatoms. The maximum Gasteiger partial charge on any atom is 0.326 e. The lowest BCUT2D eigenvalue weighted by atomic mass is 9.86. The van der Waals surface area contributed by atoms with Crippen molar-refractivity contribution in [2.45, 2.75) is 46.6 Å². The Hall–Kier alpha value is -1.15. The summed E-state index contributed by atoms with van der Waals surface area (Å²) in [6.07, 6.45) is 1.17. The molecule has 0 unspecified atom stereocenters. The number of carbonyl (C=O) groups is 2. The number of sulfonamides is 1. The summed E-state index contributed by atoms with van der Waals surface area (Å²) in [6, 6.07) is -1.00. The van der Waals surface area contributed by atoms with Gasteiger partial charge in [0.2, 0.25) is 15.9 Å². The van der Waals surface area contributed by atoms with Gasteiger partial charge in [-0.25, -0.2) is 17.5 Å². The van der Waals surface area contributed by atoms with Crippen LogP contribution in [-0.4, -0.2) is 54.6 Å². The fourth-order valence-corrected chi connectivity index (χ4v) is 3.68. The van der Waals surface area contributed by atoms with Gasteiger partial charge in [0.25, 0.3) is 0 Å². The van der Waals surface area contributed by atoms with Gasteiger partial charge in [-0.15, -0.1) is 0 Å². The van der Waals surface area contributed by atoms with E-state index in [9.17, 15) is 23.1 Å². The normalized spacial score (nSPS) is 22.1. The Morgan fingerprint density at radius 2 is 1.95 bits per heavy atom. The maximum absolute atomic E-state index is 12.3. The highest BCUT2D eigenvalue weighted by molar-refractivity contribution is 7.89. The molecule has 0 aromatic rings. The van der Waals surface area contributed by atoms with Crippen LogP contribution in [0.2, 0.25) is 0 Å². The van der Waals surface area contributed by atoms with Crippen molar-refractivity contribution in [3.8, 4) is 0 Å². The van der Waals surface area contributed by atoms with Crippen LogP contribution in [0.3, 0.4) is 0 Å². The summed E-state index contributed by atoms with van der Waals surface area (Å²) in [6.45, 7) is 7.32. The number of nitrogens with one attached hydrogen (secondary N) is 1. The summed E-state index contributed by atoms with van der Waals surface area (Å²) in [5.74, 6) is -1.98. The van der Waals surface area contributed by atoms with Crippen LogP contribution >= 0.6 is 0 Å². The van der Waals surface area contributed by atoms with E-state index in [-0.39, 0.29) is 12.3 Å². The van der Waals surface area contributed by atoms with Crippen molar-refractivity contribution >= 4 is 21.9 Å². The monoisotopic (exact) mass is 334 g/mol. The number of carboxylic acid groups (broad SMARTS) is 1. The first-order chi connectivity index (χ1) is 9.99. The molecule has 0 aliphatic carbocycles. The SMILES string of the molecule is CCS(=O)(=O)N1CCC[C@@H](C(=O)N[C@H](C(=O)O)C(C)(C)C)C1. The first-order valence-corrected chi connectivity index (χ1v) is 9.11. The topological polar surface area (TPSA) is 104 Å². The van der Waals surface area contributed by atoms with Gasteiger partial charge in [0.1, 0.15) is 6.04 Å². The quantitative estimate of drug-likeness (QED) is 0.769. The molecule has 0 spiro atoms. The lowest BCUT2D eigenvalue weighted by molar-refractivity contribution is -0.145. The van der Waals surface area contributed by atoms with Crippen LogP contribution in [0.5, 0.6) is 0 Å². The molecule has 1 aliphatic heterocycles. The number of amides is 1. The molecular formula is C14H26N2O5S. The Kier molecular flexibility index (Phi) is 5.97. The van der Waals surface area contributed by atoms with E-state index in [4.69, 9.17) is 0 Å². The first kappa shape index (κ1) is 18.9. The van der Waals surface area contributed by atoms with Crippen molar-refractivity contribution in [1.82, 2.24) is 9.62 Å². The third-order valence-corrected chi connectivity index (χ3v) is 5.76. The number of carbonyl (C=O) groups excluding carboxylic acids is 1. The molecule has 0 aromatic carbocycles. The molecule has 0 bridgehead atoms. The Morgan fingerprint density at radius 1 is 1.36 bits per heavy atom. The van der Waals surface area contributed by atoms with Gasteiger partial charge in [0, 0.05) is 13.1 Å². The van der Waals surface area contributed by atoms with Gasteiger partial charge in [-0.05, 0) is 25.2 Å². The molecular weight excluding hydrogens is 308 g/mol. The predicted octanol–water partition coefficient (Wildman–Crippen LogP) is 0.664. The van der Waals surface area contributed by atoms with E-state index in [1.807, 2.05) is 0 Å². The molecule has 1 aliphatic rings. The molecule has 1 rings (SSSR count). The molecule has 1 heterocycles. The molecule has 7 nitrogen and oxygen atoms in total. The lowest BCUT2D eigenvalue weighted by Gasteiger charge is -2.33. The Morgan fingerprint density at radius 3 is 2.41 bits per heavy atom. The summed E-state index contributed by atoms with van der Waals surface area (Å²) < 4.78 is 25.2. The van der Waals surface area contributed by atoms with Gasteiger partial charge in [-0.1, -0.05) is 20.8 Å². The number of carboxylic acids is 1. The first-order valence-electron chi connectivity index (χ1n) is 7.50. The molecule has 2 N–H and O–H groups in total. The standard InChI is InChI=1S/C14H26N2O5S/c1-5-22(20,21)16-8-6-7-10(9-16)12(17)15-11(13(18)19)14(2,3)4/h10-11H,5-9H2,1-4H3,(H,15,17)(H,18,19)/t10-,11-/m1/s1. The van der Waals surface area contributed by atoms with Crippen molar-refractivity contribution in [2.75, 3.05) is 18.8 Å². The number of hydrogen-bond acceptors (Lipinski definition) is 4. The van der Waals surface area contributed by atoms with Crippen molar-refractivity contribution < 1.29 is 23.1 Å². The molecule has 1 saturated heterocycles.